The maximum Gasteiger partial charge on any atom is 0.179 e. The van der Waals surface area contributed by atoms with Crippen LogP contribution in [0.2, 0.25) is 0 Å². The van der Waals surface area contributed by atoms with Crippen molar-refractivity contribution in [2.24, 2.45) is 5.92 Å². The number of H-pyrrole nitrogens is 1. The lowest BCUT2D eigenvalue weighted by Gasteiger charge is -2.31. The van der Waals surface area contributed by atoms with Crippen LogP contribution in [0.4, 0.5) is 0 Å². The summed E-state index contributed by atoms with van der Waals surface area (Å²) in [5.41, 5.74) is 2.08. The highest BCUT2D eigenvalue weighted by Gasteiger charge is 2.27. The zero-order valence-electron chi connectivity index (χ0n) is 10.7. The normalized spacial score (nSPS) is 24.5. The minimum atomic E-state index is 0.528. The van der Waals surface area contributed by atoms with E-state index in [9.17, 15) is 0 Å². The van der Waals surface area contributed by atoms with Gasteiger partial charge in [-0.05, 0) is 43.1 Å². The predicted octanol–water partition coefficient (Wildman–Crippen LogP) is 4.24. The zero-order chi connectivity index (χ0) is 12.5. The number of pyridine rings is 1. The van der Waals surface area contributed by atoms with Crippen molar-refractivity contribution in [3.63, 3.8) is 0 Å². The van der Waals surface area contributed by atoms with Gasteiger partial charge in [-0.25, -0.2) is 4.98 Å². The van der Waals surface area contributed by atoms with E-state index >= 15 is 0 Å². The van der Waals surface area contributed by atoms with Gasteiger partial charge in [0.15, 0.2) is 10.4 Å². The molecule has 2 heterocycles. The van der Waals surface area contributed by atoms with Crippen molar-refractivity contribution in [2.75, 3.05) is 0 Å². The first-order valence-corrected chi connectivity index (χ1v) is 7.27. The van der Waals surface area contributed by atoms with Crippen LogP contribution in [0.5, 0.6) is 0 Å². The Morgan fingerprint density at radius 1 is 1.44 bits per heavy atom. The molecule has 1 aliphatic rings. The van der Waals surface area contributed by atoms with Crippen molar-refractivity contribution in [2.45, 2.75) is 45.1 Å². The average molecular weight is 261 g/mol. The maximum absolute atomic E-state index is 5.50. The van der Waals surface area contributed by atoms with E-state index in [1.54, 1.807) is 0 Å². The molecule has 0 aliphatic heterocycles. The molecule has 1 saturated carbocycles. The number of hydrogen-bond acceptors (Lipinski definition) is 2. The Morgan fingerprint density at radius 2 is 2.28 bits per heavy atom. The summed E-state index contributed by atoms with van der Waals surface area (Å²) < 4.78 is 3.09. The highest BCUT2D eigenvalue weighted by Crippen LogP contribution is 2.37. The number of nitrogens with zero attached hydrogens (tertiary/aromatic N) is 2. The van der Waals surface area contributed by atoms with E-state index < -0.39 is 0 Å². The molecule has 0 bridgehead atoms. The molecule has 2 unspecified atom stereocenters. The van der Waals surface area contributed by atoms with E-state index in [1.165, 1.54) is 32.1 Å². The number of hydrogen-bond donors (Lipinski definition) is 1. The molecule has 2 atom stereocenters. The smallest absolute Gasteiger partial charge is 0.179 e. The van der Waals surface area contributed by atoms with Gasteiger partial charge < -0.3 is 4.98 Å². The predicted molar refractivity (Wildman–Crippen MR) is 76.2 cm³/mol. The number of nitrogens with one attached hydrogen (secondary N) is 1. The van der Waals surface area contributed by atoms with E-state index in [0.717, 1.165) is 21.9 Å². The van der Waals surface area contributed by atoms with Crippen LogP contribution in [-0.4, -0.2) is 14.5 Å². The van der Waals surface area contributed by atoms with Gasteiger partial charge in [0.1, 0.15) is 0 Å². The molecule has 4 heteroatoms. The van der Waals surface area contributed by atoms with Crippen molar-refractivity contribution in [3.8, 4) is 0 Å². The Morgan fingerprint density at radius 3 is 3.11 bits per heavy atom. The molecular formula is C14H19N3S. The monoisotopic (exact) mass is 261 g/mol. The van der Waals surface area contributed by atoms with E-state index in [0.29, 0.717) is 6.04 Å². The van der Waals surface area contributed by atoms with E-state index in [1.807, 2.05) is 12.3 Å². The fraction of sp³-hybridized carbons (Fsp3) is 0.571. The topological polar surface area (TPSA) is 33.6 Å². The van der Waals surface area contributed by atoms with E-state index in [4.69, 9.17) is 12.2 Å². The second-order valence-corrected chi connectivity index (χ2v) is 5.58. The largest absolute Gasteiger partial charge is 0.329 e. The molecule has 1 fully saturated rings. The van der Waals surface area contributed by atoms with Gasteiger partial charge in [-0.1, -0.05) is 26.2 Å². The first-order chi connectivity index (χ1) is 8.81. The lowest BCUT2D eigenvalue weighted by Crippen LogP contribution is -2.23. The number of imidazole rings is 1. The summed E-state index contributed by atoms with van der Waals surface area (Å²) in [4.78, 5) is 7.80. The van der Waals surface area contributed by atoms with Crippen LogP contribution >= 0.6 is 12.2 Å². The molecule has 0 spiro atoms. The molecule has 2 aromatic heterocycles. The number of aromatic nitrogens is 3. The number of aromatic amines is 1. The minimum Gasteiger partial charge on any atom is -0.329 e. The second kappa shape index (κ2) is 4.84. The van der Waals surface area contributed by atoms with E-state index in [-0.39, 0.29) is 0 Å². The third-order valence-electron chi connectivity index (χ3n) is 4.20. The van der Waals surface area contributed by atoms with Crippen molar-refractivity contribution in [1.82, 2.24) is 14.5 Å². The van der Waals surface area contributed by atoms with Crippen LogP contribution in [0.3, 0.4) is 0 Å². The third kappa shape index (κ3) is 1.88. The summed E-state index contributed by atoms with van der Waals surface area (Å²) in [5.74, 6) is 0.742. The summed E-state index contributed by atoms with van der Waals surface area (Å²) in [6.45, 7) is 2.29. The molecule has 0 amide bonds. The summed E-state index contributed by atoms with van der Waals surface area (Å²) in [5, 5.41) is 0. The molecule has 96 valence electrons. The summed E-state index contributed by atoms with van der Waals surface area (Å²) in [6, 6.07) is 4.54. The van der Waals surface area contributed by atoms with Crippen LogP contribution in [-0.2, 0) is 0 Å². The first-order valence-electron chi connectivity index (χ1n) is 6.86. The molecule has 18 heavy (non-hydrogen) atoms. The average Bonchev–Trinajstić information content (AvgIpc) is 2.74. The van der Waals surface area contributed by atoms with E-state index in [2.05, 4.69) is 27.5 Å². The Kier molecular flexibility index (Phi) is 3.20. The standard InChI is InChI=1S/C14H19N3S/c1-2-10-6-3-4-8-12(10)17-13-11(16-14(17)18)7-5-9-15-13/h5,7,9-10,12H,2-4,6,8H2,1H3,(H,16,18). The zero-order valence-corrected chi connectivity index (χ0v) is 11.5. The summed E-state index contributed by atoms with van der Waals surface area (Å²) in [7, 11) is 0. The second-order valence-electron chi connectivity index (χ2n) is 5.19. The Bertz CT molecular complexity index is 598. The van der Waals surface area contributed by atoms with Crippen molar-refractivity contribution in [3.05, 3.63) is 23.1 Å². The molecule has 1 N–H and O–H groups in total. The van der Waals surface area contributed by atoms with Crippen molar-refractivity contribution >= 4 is 23.4 Å². The quantitative estimate of drug-likeness (QED) is 0.820. The molecular weight excluding hydrogens is 242 g/mol. The molecule has 2 aromatic rings. The Hall–Kier alpha value is -1.16. The third-order valence-corrected chi connectivity index (χ3v) is 4.50. The Balaban J connectivity index is 2.12. The summed E-state index contributed by atoms with van der Waals surface area (Å²) in [6.07, 6.45) is 8.30. The van der Waals surface area contributed by atoms with Gasteiger partial charge in [-0.15, -0.1) is 0 Å². The molecule has 0 radical (unpaired) electrons. The molecule has 1 aliphatic carbocycles. The lowest BCUT2D eigenvalue weighted by atomic mass is 9.83. The fourth-order valence-electron chi connectivity index (χ4n) is 3.27. The van der Waals surface area contributed by atoms with Crippen molar-refractivity contribution < 1.29 is 0 Å². The SMILES string of the molecule is CCC1CCCCC1n1c(=S)[nH]c2cccnc21. The van der Waals surface area contributed by atoms with Gasteiger partial charge in [-0.3, -0.25) is 4.57 Å². The highest BCUT2D eigenvalue weighted by molar-refractivity contribution is 7.71. The molecule has 3 nitrogen and oxygen atoms in total. The van der Waals surface area contributed by atoms with Gasteiger partial charge in [-0.2, -0.15) is 0 Å². The minimum absolute atomic E-state index is 0.528. The molecule has 0 saturated heterocycles. The lowest BCUT2D eigenvalue weighted by molar-refractivity contribution is 0.234. The van der Waals surface area contributed by atoms with Crippen LogP contribution in [0.1, 0.15) is 45.1 Å². The van der Waals surface area contributed by atoms with Gasteiger partial charge in [0.05, 0.1) is 5.52 Å². The van der Waals surface area contributed by atoms with Gasteiger partial charge in [0.2, 0.25) is 0 Å². The number of rotatable bonds is 2. The number of fused-ring (bicyclic) bond motifs is 1. The Labute approximate surface area is 112 Å². The molecule has 3 rings (SSSR count). The van der Waals surface area contributed by atoms with Crippen LogP contribution in [0, 0.1) is 10.7 Å². The first kappa shape index (κ1) is 11.9. The molecule has 0 aromatic carbocycles. The van der Waals surface area contributed by atoms with Crippen LogP contribution < -0.4 is 0 Å². The van der Waals surface area contributed by atoms with Gasteiger partial charge in [0, 0.05) is 12.2 Å². The van der Waals surface area contributed by atoms with Gasteiger partial charge >= 0.3 is 0 Å². The van der Waals surface area contributed by atoms with Crippen LogP contribution in [0.15, 0.2) is 18.3 Å². The summed E-state index contributed by atoms with van der Waals surface area (Å²) >= 11 is 5.50. The highest BCUT2D eigenvalue weighted by atomic mass is 32.1. The maximum atomic E-state index is 5.50. The van der Waals surface area contributed by atoms with Crippen LogP contribution in [0.25, 0.3) is 11.2 Å². The van der Waals surface area contributed by atoms with Crippen molar-refractivity contribution in [1.29, 1.82) is 0 Å². The van der Waals surface area contributed by atoms with Gasteiger partial charge in [0.25, 0.3) is 0 Å². The fourth-order valence-corrected chi connectivity index (χ4v) is 3.60.